The molecule has 114 valence electrons. The Morgan fingerprint density at radius 3 is 2.38 bits per heavy atom. The molecule has 21 heavy (non-hydrogen) atoms. The van der Waals surface area contributed by atoms with Crippen molar-refractivity contribution in [2.24, 2.45) is 0 Å². The normalized spacial score (nSPS) is 10.4. The molecule has 0 amide bonds. The molecule has 0 unspecified atom stereocenters. The fourth-order valence-electron chi connectivity index (χ4n) is 1.67. The summed E-state index contributed by atoms with van der Waals surface area (Å²) in [5.74, 6) is 1.03. The van der Waals surface area contributed by atoms with E-state index in [1.807, 2.05) is 6.92 Å². The molecular formula is C13H20N6OS. The van der Waals surface area contributed by atoms with Crippen molar-refractivity contribution < 1.29 is 4.74 Å². The number of rotatable bonds is 8. The van der Waals surface area contributed by atoms with Gasteiger partial charge < -0.3 is 15.4 Å². The molecule has 0 atom stereocenters. The van der Waals surface area contributed by atoms with Gasteiger partial charge in [0.15, 0.2) is 0 Å². The molecule has 2 aromatic rings. The van der Waals surface area contributed by atoms with E-state index in [1.165, 1.54) is 0 Å². The van der Waals surface area contributed by atoms with Gasteiger partial charge >= 0.3 is 6.01 Å². The van der Waals surface area contributed by atoms with E-state index in [0.717, 1.165) is 30.1 Å². The molecule has 0 fully saturated rings. The number of nitrogens with one attached hydrogen (secondary N) is 2. The number of ether oxygens (including phenoxy) is 1. The molecule has 0 radical (unpaired) electrons. The van der Waals surface area contributed by atoms with Crippen molar-refractivity contribution >= 4 is 23.2 Å². The van der Waals surface area contributed by atoms with Crippen molar-refractivity contribution in [3.05, 3.63) is 16.1 Å². The highest BCUT2D eigenvalue weighted by atomic mass is 32.1. The van der Waals surface area contributed by atoms with E-state index in [2.05, 4.69) is 42.9 Å². The van der Waals surface area contributed by atoms with E-state index in [9.17, 15) is 0 Å². The molecule has 0 spiro atoms. The zero-order chi connectivity index (χ0) is 15.1. The van der Waals surface area contributed by atoms with Crippen LogP contribution in [0.4, 0.5) is 11.9 Å². The van der Waals surface area contributed by atoms with Crippen LogP contribution in [0.5, 0.6) is 6.01 Å². The van der Waals surface area contributed by atoms with Gasteiger partial charge in [-0.25, -0.2) is 4.98 Å². The Morgan fingerprint density at radius 2 is 1.81 bits per heavy atom. The average Bonchev–Trinajstić information content (AvgIpc) is 2.90. The van der Waals surface area contributed by atoms with Crippen LogP contribution in [-0.4, -0.2) is 40.1 Å². The summed E-state index contributed by atoms with van der Waals surface area (Å²) in [6.45, 7) is 5.61. The van der Waals surface area contributed by atoms with Crippen molar-refractivity contribution in [2.75, 3.05) is 30.8 Å². The molecule has 0 aliphatic rings. The fourth-order valence-corrected chi connectivity index (χ4v) is 2.32. The lowest BCUT2D eigenvalue weighted by Crippen LogP contribution is -2.12. The number of aromatic nitrogens is 4. The summed E-state index contributed by atoms with van der Waals surface area (Å²) in [6, 6.07) is 0.301. The molecule has 7 nitrogen and oxygen atoms in total. The zero-order valence-electron chi connectivity index (χ0n) is 12.5. The summed E-state index contributed by atoms with van der Waals surface area (Å²) in [4.78, 5) is 17.1. The first-order valence-electron chi connectivity index (χ1n) is 6.90. The zero-order valence-corrected chi connectivity index (χ0v) is 13.3. The maximum atomic E-state index is 5.09. The number of hydrogen-bond acceptors (Lipinski definition) is 8. The fraction of sp³-hybridized carbons (Fsp3) is 0.538. The maximum absolute atomic E-state index is 5.09. The van der Waals surface area contributed by atoms with Crippen LogP contribution in [0.3, 0.4) is 0 Å². The Morgan fingerprint density at radius 1 is 1.10 bits per heavy atom. The molecule has 2 N–H and O–H groups in total. The van der Waals surface area contributed by atoms with Crippen LogP contribution in [0.2, 0.25) is 0 Å². The minimum atomic E-state index is 0.301. The third-order valence-electron chi connectivity index (χ3n) is 2.66. The third kappa shape index (κ3) is 4.82. The molecular weight excluding hydrogens is 288 g/mol. The lowest BCUT2D eigenvalue weighted by Gasteiger charge is -2.08. The Kier molecular flexibility index (Phi) is 5.68. The predicted molar refractivity (Wildman–Crippen MR) is 84.2 cm³/mol. The van der Waals surface area contributed by atoms with Crippen molar-refractivity contribution in [2.45, 2.75) is 26.7 Å². The first-order chi connectivity index (χ1) is 10.2. The highest BCUT2D eigenvalue weighted by molar-refractivity contribution is 7.09. The van der Waals surface area contributed by atoms with Gasteiger partial charge in [0.2, 0.25) is 11.9 Å². The second-order valence-corrected chi connectivity index (χ2v) is 5.49. The number of methoxy groups -OCH3 is 1. The van der Waals surface area contributed by atoms with E-state index in [-0.39, 0.29) is 0 Å². The Bertz CT molecular complexity index is 574. The molecule has 0 saturated heterocycles. The predicted octanol–water partition coefficient (Wildman–Crippen LogP) is 2.12. The van der Waals surface area contributed by atoms with Gasteiger partial charge in [0, 0.05) is 24.9 Å². The standard InChI is InChI=1S/C13H20N6OS/c1-4-6-14-11-17-12(19-13(18-11)20-3)15-7-5-10-8-21-9(2)16-10/h8H,4-7H2,1-3H3,(H2,14,15,17,18,19). The van der Waals surface area contributed by atoms with Crippen LogP contribution in [0, 0.1) is 6.92 Å². The van der Waals surface area contributed by atoms with Gasteiger partial charge in [0.05, 0.1) is 17.8 Å². The molecule has 2 heterocycles. The lowest BCUT2D eigenvalue weighted by molar-refractivity contribution is 0.379. The van der Waals surface area contributed by atoms with Crippen molar-refractivity contribution in [3.8, 4) is 6.01 Å². The van der Waals surface area contributed by atoms with E-state index >= 15 is 0 Å². The summed E-state index contributed by atoms with van der Waals surface area (Å²) < 4.78 is 5.09. The highest BCUT2D eigenvalue weighted by Gasteiger charge is 2.06. The summed E-state index contributed by atoms with van der Waals surface area (Å²) in [6.07, 6.45) is 1.83. The molecule has 0 saturated carbocycles. The Labute approximate surface area is 128 Å². The van der Waals surface area contributed by atoms with Gasteiger partial charge in [-0.3, -0.25) is 0 Å². The summed E-state index contributed by atoms with van der Waals surface area (Å²) in [7, 11) is 1.54. The first-order valence-corrected chi connectivity index (χ1v) is 7.78. The van der Waals surface area contributed by atoms with E-state index in [1.54, 1.807) is 18.4 Å². The first kappa shape index (κ1) is 15.4. The molecule has 0 bridgehead atoms. The van der Waals surface area contributed by atoms with Crippen molar-refractivity contribution in [1.29, 1.82) is 0 Å². The Balaban J connectivity index is 1.94. The quantitative estimate of drug-likeness (QED) is 0.772. The number of thiazole rings is 1. The van der Waals surface area contributed by atoms with Crippen molar-refractivity contribution in [3.63, 3.8) is 0 Å². The average molecular weight is 308 g/mol. The van der Waals surface area contributed by atoms with E-state index in [4.69, 9.17) is 4.74 Å². The van der Waals surface area contributed by atoms with Gasteiger partial charge in [-0.05, 0) is 13.3 Å². The van der Waals surface area contributed by atoms with E-state index in [0.29, 0.717) is 24.5 Å². The minimum absolute atomic E-state index is 0.301. The van der Waals surface area contributed by atoms with Crippen molar-refractivity contribution in [1.82, 2.24) is 19.9 Å². The molecule has 0 aliphatic heterocycles. The summed E-state index contributed by atoms with van der Waals surface area (Å²) in [5.41, 5.74) is 1.08. The SMILES string of the molecule is CCCNc1nc(NCCc2csc(C)n2)nc(OC)n1. The third-order valence-corrected chi connectivity index (χ3v) is 3.48. The monoisotopic (exact) mass is 308 g/mol. The number of aryl methyl sites for hydroxylation is 1. The molecule has 0 aliphatic carbocycles. The van der Waals surface area contributed by atoms with Crippen LogP contribution in [0.15, 0.2) is 5.38 Å². The number of hydrogen-bond donors (Lipinski definition) is 2. The lowest BCUT2D eigenvalue weighted by atomic mass is 10.3. The second-order valence-electron chi connectivity index (χ2n) is 4.43. The van der Waals surface area contributed by atoms with Gasteiger partial charge in [0.1, 0.15) is 0 Å². The van der Waals surface area contributed by atoms with Crippen LogP contribution < -0.4 is 15.4 Å². The number of nitrogens with zero attached hydrogens (tertiary/aromatic N) is 4. The highest BCUT2D eigenvalue weighted by Crippen LogP contribution is 2.12. The molecule has 2 rings (SSSR count). The Hall–Kier alpha value is -1.96. The maximum Gasteiger partial charge on any atom is 0.322 e. The summed E-state index contributed by atoms with van der Waals surface area (Å²) >= 11 is 1.66. The van der Waals surface area contributed by atoms with Crippen LogP contribution in [0.1, 0.15) is 24.0 Å². The minimum Gasteiger partial charge on any atom is -0.467 e. The molecule has 0 aromatic carbocycles. The van der Waals surface area contributed by atoms with Crippen LogP contribution >= 0.6 is 11.3 Å². The van der Waals surface area contributed by atoms with Crippen LogP contribution in [0.25, 0.3) is 0 Å². The largest absolute Gasteiger partial charge is 0.467 e. The molecule has 2 aromatic heterocycles. The smallest absolute Gasteiger partial charge is 0.322 e. The number of anilines is 2. The topological polar surface area (TPSA) is 84.9 Å². The van der Waals surface area contributed by atoms with Crippen LogP contribution in [-0.2, 0) is 6.42 Å². The van der Waals surface area contributed by atoms with Gasteiger partial charge in [0.25, 0.3) is 0 Å². The van der Waals surface area contributed by atoms with Gasteiger partial charge in [-0.15, -0.1) is 11.3 Å². The molecule has 8 heteroatoms. The van der Waals surface area contributed by atoms with Gasteiger partial charge in [-0.2, -0.15) is 15.0 Å². The van der Waals surface area contributed by atoms with Gasteiger partial charge in [-0.1, -0.05) is 6.92 Å². The summed E-state index contributed by atoms with van der Waals surface area (Å²) in [5, 5.41) is 9.45. The van der Waals surface area contributed by atoms with E-state index < -0.39 is 0 Å². The second kappa shape index (κ2) is 7.72.